The van der Waals surface area contributed by atoms with Gasteiger partial charge in [-0.3, -0.25) is 5.10 Å². The Morgan fingerprint density at radius 1 is 1.43 bits per heavy atom. The van der Waals surface area contributed by atoms with Gasteiger partial charge in [0, 0.05) is 10.0 Å². The summed E-state index contributed by atoms with van der Waals surface area (Å²) < 4.78 is 6.79. The summed E-state index contributed by atoms with van der Waals surface area (Å²) in [6.45, 7) is 0.699. The van der Waals surface area contributed by atoms with Crippen molar-refractivity contribution < 1.29 is 14.6 Å². The molecule has 0 aliphatic heterocycles. The molecule has 1 aliphatic rings. The molecule has 1 fully saturated rings. The summed E-state index contributed by atoms with van der Waals surface area (Å²) in [6.07, 6.45) is 3.72. The predicted molar refractivity (Wildman–Crippen MR) is 81.5 cm³/mol. The SMILES string of the molecule is O=C(O)c1cc(-c2cc(Br)ccc2OCC2CCC2)n[nH]1. The molecule has 1 saturated carbocycles. The van der Waals surface area contributed by atoms with Gasteiger partial charge in [-0.05, 0) is 43.0 Å². The number of halogens is 1. The van der Waals surface area contributed by atoms with Crippen LogP contribution in [0.15, 0.2) is 28.7 Å². The highest BCUT2D eigenvalue weighted by molar-refractivity contribution is 9.10. The molecule has 1 heterocycles. The molecule has 6 heteroatoms. The fourth-order valence-corrected chi connectivity index (χ4v) is 2.63. The maximum absolute atomic E-state index is 10.9. The summed E-state index contributed by atoms with van der Waals surface area (Å²) in [5.41, 5.74) is 1.42. The molecule has 0 atom stereocenters. The maximum atomic E-state index is 10.9. The molecule has 1 aliphatic carbocycles. The number of carboxylic acids is 1. The van der Waals surface area contributed by atoms with Gasteiger partial charge in [0.2, 0.25) is 0 Å². The lowest BCUT2D eigenvalue weighted by atomic mass is 9.86. The number of rotatable bonds is 5. The molecule has 110 valence electrons. The molecule has 3 rings (SSSR count). The highest BCUT2D eigenvalue weighted by Crippen LogP contribution is 2.34. The van der Waals surface area contributed by atoms with E-state index in [-0.39, 0.29) is 5.69 Å². The van der Waals surface area contributed by atoms with Crippen LogP contribution in [-0.2, 0) is 0 Å². The third-order valence-electron chi connectivity index (χ3n) is 3.73. The van der Waals surface area contributed by atoms with Crippen molar-refractivity contribution in [3.8, 4) is 17.0 Å². The van der Waals surface area contributed by atoms with Crippen LogP contribution in [-0.4, -0.2) is 27.9 Å². The number of aromatic nitrogens is 2. The Bertz CT molecular complexity index is 665. The van der Waals surface area contributed by atoms with Crippen LogP contribution in [0, 0.1) is 5.92 Å². The average Bonchev–Trinajstić information content (AvgIpc) is 2.88. The van der Waals surface area contributed by atoms with Crippen molar-refractivity contribution in [3.63, 3.8) is 0 Å². The number of nitrogens with one attached hydrogen (secondary N) is 1. The number of hydrogen-bond donors (Lipinski definition) is 2. The summed E-state index contributed by atoms with van der Waals surface area (Å²) in [5.74, 6) is 0.337. The Hall–Kier alpha value is -1.82. The van der Waals surface area contributed by atoms with Gasteiger partial charge in [-0.15, -0.1) is 0 Å². The second kappa shape index (κ2) is 5.89. The molecule has 21 heavy (non-hydrogen) atoms. The summed E-state index contributed by atoms with van der Waals surface area (Å²) in [6, 6.07) is 7.19. The van der Waals surface area contributed by atoms with Crippen molar-refractivity contribution in [3.05, 3.63) is 34.4 Å². The normalized spacial score (nSPS) is 14.7. The molecule has 0 bridgehead atoms. The third-order valence-corrected chi connectivity index (χ3v) is 4.22. The van der Waals surface area contributed by atoms with Gasteiger partial charge < -0.3 is 9.84 Å². The molecule has 2 aromatic rings. The van der Waals surface area contributed by atoms with Gasteiger partial charge in [-0.1, -0.05) is 22.4 Å². The van der Waals surface area contributed by atoms with Crippen LogP contribution in [0.1, 0.15) is 29.8 Å². The fraction of sp³-hybridized carbons (Fsp3) is 0.333. The van der Waals surface area contributed by atoms with Crippen LogP contribution in [0.5, 0.6) is 5.75 Å². The number of carbonyl (C=O) groups is 1. The van der Waals surface area contributed by atoms with Gasteiger partial charge >= 0.3 is 5.97 Å². The first kappa shape index (κ1) is 14.1. The molecular weight excluding hydrogens is 336 g/mol. The Labute approximate surface area is 130 Å². The Morgan fingerprint density at radius 2 is 2.24 bits per heavy atom. The van der Waals surface area contributed by atoms with E-state index in [4.69, 9.17) is 9.84 Å². The first-order valence-corrected chi connectivity index (χ1v) is 7.64. The highest BCUT2D eigenvalue weighted by Gasteiger charge is 2.19. The zero-order valence-corrected chi connectivity index (χ0v) is 12.9. The number of H-pyrrole nitrogens is 1. The largest absolute Gasteiger partial charge is 0.493 e. The van der Waals surface area contributed by atoms with Crippen LogP contribution in [0.2, 0.25) is 0 Å². The quantitative estimate of drug-likeness (QED) is 0.861. The van der Waals surface area contributed by atoms with Crippen molar-refractivity contribution in [1.82, 2.24) is 10.2 Å². The highest BCUT2D eigenvalue weighted by atomic mass is 79.9. The summed E-state index contributed by atoms with van der Waals surface area (Å²) in [5, 5.41) is 15.6. The van der Waals surface area contributed by atoms with Crippen LogP contribution in [0.25, 0.3) is 11.3 Å². The van der Waals surface area contributed by atoms with E-state index in [2.05, 4.69) is 26.1 Å². The first-order chi connectivity index (χ1) is 10.1. The number of aromatic carboxylic acids is 1. The van der Waals surface area contributed by atoms with Crippen molar-refractivity contribution >= 4 is 21.9 Å². The van der Waals surface area contributed by atoms with E-state index in [0.717, 1.165) is 15.8 Å². The van der Waals surface area contributed by atoms with Crippen LogP contribution in [0.4, 0.5) is 0 Å². The molecule has 0 saturated heterocycles. The number of hydrogen-bond acceptors (Lipinski definition) is 3. The Kier molecular flexibility index (Phi) is 3.96. The van der Waals surface area contributed by atoms with Crippen molar-refractivity contribution in [1.29, 1.82) is 0 Å². The van der Waals surface area contributed by atoms with Gasteiger partial charge in [0.1, 0.15) is 11.4 Å². The van der Waals surface area contributed by atoms with E-state index in [9.17, 15) is 4.79 Å². The lowest BCUT2D eigenvalue weighted by molar-refractivity contribution is 0.0690. The molecule has 0 unspecified atom stereocenters. The third kappa shape index (κ3) is 3.10. The molecule has 0 spiro atoms. The summed E-state index contributed by atoms with van der Waals surface area (Å²) >= 11 is 3.42. The smallest absolute Gasteiger partial charge is 0.353 e. The fourth-order valence-electron chi connectivity index (χ4n) is 2.26. The second-order valence-corrected chi connectivity index (χ2v) is 6.14. The van der Waals surface area contributed by atoms with Crippen LogP contribution >= 0.6 is 15.9 Å². The predicted octanol–water partition coefficient (Wildman–Crippen LogP) is 3.72. The Morgan fingerprint density at radius 3 is 2.86 bits per heavy atom. The van der Waals surface area contributed by atoms with Gasteiger partial charge in [-0.25, -0.2) is 4.79 Å². The zero-order valence-electron chi connectivity index (χ0n) is 11.3. The summed E-state index contributed by atoms with van der Waals surface area (Å²) in [4.78, 5) is 10.9. The van der Waals surface area contributed by atoms with E-state index >= 15 is 0 Å². The van der Waals surface area contributed by atoms with Gasteiger partial charge in [0.15, 0.2) is 0 Å². The van der Waals surface area contributed by atoms with Crippen molar-refractivity contribution in [2.45, 2.75) is 19.3 Å². The molecule has 1 aromatic heterocycles. The van der Waals surface area contributed by atoms with Gasteiger partial charge in [0.05, 0.1) is 12.3 Å². The number of nitrogens with zero attached hydrogens (tertiary/aromatic N) is 1. The van der Waals surface area contributed by atoms with Gasteiger partial charge in [-0.2, -0.15) is 5.10 Å². The molecule has 0 radical (unpaired) electrons. The first-order valence-electron chi connectivity index (χ1n) is 6.85. The molecule has 0 amide bonds. The van der Waals surface area contributed by atoms with Crippen LogP contribution in [0.3, 0.4) is 0 Å². The number of carboxylic acid groups (broad SMARTS) is 1. The van der Waals surface area contributed by atoms with Gasteiger partial charge in [0.25, 0.3) is 0 Å². The number of benzene rings is 1. The maximum Gasteiger partial charge on any atom is 0.353 e. The van der Waals surface area contributed by atoms with Crippen molar-refractivity contribution in [2.24, 2.45) is 5.92 Å². The van der Waals surface area contributed by atoms with E-state index in [1.54, 1.807) is 0 Å². The number of aromatic amines is 1. The van der Waals surface area contributed by atoms with Crippen molar-refractivity contribution in [2.75, 3.05) is 6.61 Å². The number of ether oxygens (including phenoxy) is 1. The molecule has 5 nitrogen and oxygen atoms in total. The van der Waals surface area contributed by atoms with E-state index in [0.29, 0.717) is 18.2 Å². The van der Waals surface area contributed by atoms with E-state index in [1.807, 2.05) is 18.2 Å². The average molecular weight is 351 g/mol. The zero-order chi connectivity index (χ0) is 14.8. The summed E-state index contributed by atoms with van der Waals surface area (Å²) in [7, 11) is 0. The minimum atomic E-state index is -1.03. The standard InChI is InChI=1S/C15H15BrN2O3/c16-10-4-5-14(21-8-9-2-1-3-9)11(6-10)12-7-13(15(19)20)18-17-12/h4-7,9H,1-3,8H2,(H,17,18)(H,19,20). The molecular formula is C15H15BrN2O3. The monoisotopic (exact) mass is 350 g/mol. The molecule has 2 N–H and O–H groups in total. The second-order valence-electron chi connectivity index (χ2n) is 5.22. The lowest BCUT2D eigenvalue weighted by Gasteiger charge is -2.25. The van der Waals surface area contributed by atoms with Crippen LogP contribution < -0.4 is 4.74 Å². The minimum absolute atomic E-state index is 0.0647. The molecule has 1 aromatic carbocycles. The van der Waals surface area contributed by atoms with E-state index < -0.39 is 5.97 Å². The lowest BCUT2D eigenvalue weighted by Crippen LogP contribution is -2.19. The topological polar surface area (TPSA) is 75.2 Å². The minimum Gasteiger partial charge on any atom is -0.493 e. The van der Waals surface area contributed by atoms with E-state index in [1.165, 1.54) is 25.3 Å². The Balaban J connectivity index is 1.87.